The molecule has 0 spiro atoms. The zero-order valence-corrected chi connectivity index (χ0v) is 11.2. The number of aliphatic carboxylic acids is 1. The Hall–Kier alpha value is -2.03. The largest absolute Gasteiger partial charge is 0.481 e. The number of unbranched alkanes of at least 4 members (excludes halogenated alkanes) is 1. The Kier molecular flexibility index (Phi) is 4.39. The van der Waals surface area contributed by atoms with Crippen molar-refractivity contribution in [2.24, 2.45) is 0 Å². The van der Waals surface area contributed by atoms with Gasteiger partial charge in [-0.15, -0.1) is 0 Å². The maximum Gasteiger partial charge on any atom is 0.303 e. The van der Waals surface area contributed by atoms with Crippen LogP contribution in [0, 0.1) is 0 Å². The monoisotopic (exact) mass is 257 g/mol. The lowest BCUT2D eigenvalue weighted by Gasteiger charge is -2.19. The molecule has 0 aliphatic rings. The molecule has 0 heterocycles. The average molecular weight is 257 g/mol. The summed E-state index contributed by atoms with van der Waals surface area (Å²) in [6.07, 6.45) is 1.88. The molecule has 0 fully saturated rings. The molecule has 0 aliphatic heterocycles. The summed E-state index contributed by atoms with van der Waals surface area (Å²) in [5.74, 6) is -0.714. The minimum absolute atomic E-state index is 0.256. The molecule has 0 aliphatic carbocycles. The maximum absolute atomic E-state index is 10.4. The number of fused-ring (bicyclic) bond motifs is 1. The van der Waals surface area contributed by atoms with Gasteiger partial charge < -0.3 is 10.0 Å². The fourth-order valence-corrected chi connectivity index (χ4v) is 2.17. The summed E-state index contributed by atoms with van der Waals surface area (Å²) < 4.78 is 0. The predicted octanol–water partition coefficient (Wildman–Crippen LogP) is 3.53. The lowest BCUT2D eigenvalue weighted by molar-refractivity contribution is -0.137. The van der Waals surface area contributed by atoms with Gasteiger partial charge in [0.15, 0.2) is 0 Å². The van der Waals surface area contributed by atoms with Gasteiger partial charge in [-0.05, 0) is 35.7 Å². The molecule has 3 nitrogen and oxygen atoms in total. The third kappa shape index (κ3) is 3.71. The van der Waals surface area contributed by atoms with Gasteiger partial charge in [-0.25, -0.2) is 0 Å². The van der Waals surface area contributed by atoms with Crippen molar-refractivity contribution >= 4 is 22.4 Å². The Bertz CT molecular complexity index is 565. The van der Waals surface area contributed by atoms with Crippen LogP contribution in [0.15, 0.2) is 42.5 Å². The first-order chi connectivity index (χ1) is 9.16. The summed E-state index contributed by atoms with van der Waals surface area (Å²) in [5, 5.41) is 11.1. The number of carboxylic acids is 1. The fourth-order valence-electron chi connectivity index (χ4n) is 2.17. The second-order valence-corrected chi connectivity index (χ2v) is 4.80. The molecule has 0 radical (unpaired) electrons. The first-order valence-corrected chi connectivity index (χ1v) is 6.58. The van der Waals surface area contributed by atoms with Crippen molar-refractivity contribution in [1.82, 2.24) is 0 Å². The molecule has 0 amide bonds. The van der Waals surface area contributed by atoms with E-state index < -0.39 is 5.97 Å². The Morgan fingerprint density at radius 3 is 2.58 bits per heavy atom. The van der Waals surface area contributed by atoms with Gasteiger partial charge in [-0.1, -0.05) is 30.3 Å². The van der Waals surface area contributed by atoms with E-state index in [1.807, 2.05) is 19.2 Å². The van der Waals surface area contributed by atoms with E-state index in [0.717, 1.165) is 19.4 Å². The van der Waals surface area contributed by atoms with Crippen LogP contribution in [0.2, 0.25) is 0 Å². The van der Waals surface area contributed by atoms with E-state index in [1.165, 1.54) is 16.5 Å². The Balaban J connectivity index is 1.97. The van der Waals surface area contributed by atoms with E-state index in [0.29, 0.717) is 0 Å². The Morgan fingerprint density at radius 2 is 1.84 bits per heavy atom. The number of benzene rings is 2. The van der Waals surface area contributed by atoms with Crippen molar-refractivity contribution in [2.45, 2.75) is 19.3 Å². The second-order valence-electron chi connectivity index (χ2n) is 4.80. The number of hydrogen-bond acceptors (Lipinski definition) is 2. The van der Waals surface area contributed by atoms with Gasteiger partial charge in [0.1, 0.15) is 0 Å². The van der Waals surface area contributed by atoms with Crippen LogP contribution in [0.3, 0.4) is 0 Å². The van der Waals surface area contributed by atoms with Gasteiger partial charge >= 0.3 is 5.97 Å². The molecule has 3 heteroatoms. The minimum atomic E-state index is -0.714. The van der Waals surface area contributed by atoms with E-state index in [1.54, 1.807) is 0 Å². The van der Waals surface area contributed by atoms with Crippen LogP contribution >= 0.6 is 0 Å². The predicted molar refractivity (Wildman–Crippen MR) is 78.7 cm³/mol. The molecular weight excluding hydrogens is 238 g/mol. The van der Waals surface area contributed by atoms with Gasteiger partial charge in [-0.2, -0.15) is 0 Å². The quantitative estimate of drug-likeness (QED) is 0.805. The van der Waals surface area contributed by atoms with E-state index in [2.05, 4.69) is 35.2 Å². The van der Waals surface area contributed by atoms with E-state index in [9.17, 15) is 4.79 Å². The van der Waals surface area contributed by atoms with Crippen LogP contribution < -0.4 is 4.90 Å². The zero-order chi connectivity index (χ0) is 13.7. The number of carboxylic acid groups (broad SMARTS) is 1. The lowest BCUT2D eigenvalue weighted by atomic mass is 10.1. The standard InChI is InChI=1S/C16H19NO2/c1-17(11-5-4-8-16(18)19)15-10-9-13-6-2-3-7-14(13)12-15/h2-3,6-7,9-10,12H,4-5,8,11H2,1H3,(H,18,19). The van der Waals surface area contributed by atoms with Gasteiger partial charge in [0.2, 0.25) is 0 Å². The molecule has 100 valence electrons. The normalized spacial score (nSPS) is 10.6. The van der Waals surface area contributed by atoms with Crippen LogP contribution in [0.25, 0.3) is 10.8 Å². The highest BCUT2D eigenvalue weighted by molar-refractivity contribution is 5.85. The molecule has 0 aromatic heterocycles. The number of nitrogens with zero attached hydrogens (tertiary/aromatic N) is 1. The Morgan fingerprint density at radius 1 is 1.11 bits per heavy atom. The molecule has 0 saturated carbocycles. The highest BCUT2D eigenvalue weighted by Crippen LogP contribution is 2.21. The first kappa shape index (κ1) is 13.4. The third-order valence-electron chi connectivity index (χ3n) is 3.31. The molecule has 2 aromatic rings. The van der Waals surface area contributed by atoms with Crippen molar-refractivity contribution < 1.29 is 9.90 Å². The number of carbonyl (C=O) groups is 1. The van der Waals surface area contributed by atoms with Crippen molar-refractivity contribution in [3.8, 4) is 0 Å². The fraction of sp³-hybridized carbons (Fsp3) is 0.312. The highest BCUT2D eigenvalue weighted by Gasteiger charge is 2.03. The number of rotatable bonds is 6. The smallest absolute Gasteiger partial charge is 0.303 e. The van der Waals surface area contributed by atoms with E-state index in [4.69, 9.17) is 5.11 Å². The highest BCUT2D eigenvalue weighted by atomic mass is 16.4. The molecule has 0 bridgehead atoms. The third-order valence-corrected chi connectivity index (χ3v) is 3.31. The van der Waals surface area contributed by atoms with Gasteiger partial charge in [0.05, 0.1) is 0 Å². The topological polar surface area (TPSA) is 40.5 Å². The van der Waals surface area contributed by atoms with Crippen LogP contribution in [0.5, 0.6) is 0 Å². The summed E-state index contributed by atoms with van der Waals surface area (Å²) in [4.78, 5) is 12.6. The summed E-state index contributed by atoms with van der Waals surface area (Å²) in [6, 6.07) is 14.7. The number of anilines is 1. The van der Waals surface area contributed by atoms with Crippen molar-refractivity contribution in [3.05, 3.63) is 42.5 Å². The minimum Gasteiger partial charge on any atom is -0.481 e. The van der Waals surface area contributed by atoms with Crippen LogP contribution in [-0.2, 0) is 4.79 Å². The van der Waals surface area contributed by atoms with Crippen molar-refractivity contribution in [2.75, 3.05) is 18.5 Å². The lowest BCUT2D eigenvalue weighted by Crippen LogP contribution is -2.18. The zero-order valence-electron chi connectivity index (χ0n) is 11.2. The molecule has 0 atom stereocenters. The SMILES string of the molecule is CN(CCCCC(=O)O)c1ccc2ccccc2c1. The molecule has 2 rings (SSSR count). The van der Waals surface area contributed by atoms with Gasteiger partial charge in [0, 0.05) is 25.7 Å². The summed E-state index contributed by atoms with van der Waals surface area (Å²) in [6.45, 7) is 0.881. The Labute approximate surface area is 113 Å². The molecule has 2 aromatic carbocycles. The van der Waals surface area contributed by atoms with Gasteiger partial charge in [0.25, 0.3) is 0 Å². The van der Waals surface area contributed by atoms with E-state index >= 15 is 0 Å². The molecular formula is C16H19NO2. The summed E-state index contributed by atoms with van der Waals surface area (Å²) >= 11 is 0. The average Bonchev–Trinajstić information content (AvgIpc) is 2.42. The number of hydrogen-bond donors (Lipinski definition) is 1. The second kappa shape index (κ2) is 6.23. The van der Waals surface area contributed by atoms with Crippen LogP contribution in [-0.4, -0.2) is 24.7 Å². The molecule has 0 saturated heterocycles. The molecule has 0 unspecified atom stereocenters. The molecule has 19 heavy (non-hydrogen) atoms. The molecule has 1 N–H and O–H groups in total. The van der Waals surface area contributed by atoms with Crippen LogP contribution in [0.4, 0.5) is 5.69 Å². The van der Waals surface area contributed by atoms with E-state index in [-0.39, 0.29) is 6.42 Å². The van der Waals surface area contributed by atoms with Crippen molar-refractivity contribution in [3.63, 3.8) is 0 Å². The summed E-state index contributed by atoms with van der Waals surface area (Å²) in [7, 11) is 2.05. The maximum atomic E-state index is 10.4. The van der Waals surface area contributed by atoms with Crippen molar-refractivity contribution in [1.29, 1.82) is 0 Å². The summed E-state index contributed by atoms with van der Waals surface area (Å²) in [5.41, 5.74) is 1.18. The van der Waals surface area contributed by atoms with Gasteiger partial charge in [-0.3, -0.25) is 4.79 Å². The van der Waals surface area contributed by atoms with Crippen LogP contribution in [0.1, 0.15) is 19.3 Å². The first-order valence-electron chi connectivity index (χ1n) is 6.58.